The first kappa shape index (κ1) is 22.8. The quantitative estimate of drug-likeness (QED) is 0.513. The molecule has 0 bridgehead atoms. The summed E-state index contributed by atoms with van der Waals surface area (Å²) in [5, 5.41) is 0. The Bertz CT molecular complexity index is 1100. The minimum Gasteiger partial charge on any atom is -0.490 e. The third kappa shape index (κ3) is 5.62. The Balaban J connectivity index is 1.60. The molecule has 1 unspecified atom stereocenters. The minimum absolute atomic E-state index is 0.0659. The molecule has 0 amide bonds. The Labute approximate surface area is 181 Å². The van der Waals surface area contributed by atoms with Crippen molar-refractivity contribution < 1.29 is 32.2 Å². The van der Waals surface area contributed by atoms with Gasteiger partial charge in [-0.1, -0.05) is 12.1 Å². The molecule has 3 rings (SSSR count). The number of sulfonamides is 1. The molecule has 2 aromatic rings. The van der Waals surface area contributed by atoms with Gasteiger partial charge in [-0.05, 0) is 50.1 Å². The zero-order chi connectivity index (χ0) is 22.6. The molecule has 2 aromatic carbocycles. The van der Waals surface area contributed by atoms with Gasteiger partial charge in [-0.2, -0.15) is 4.72 Å². The van der Waals surface area contributed by atoms with Crippen LogP contribution in [0.15, 0.2) is 41.3 Å². The fourth-order valence-electron chi connectivity index (χ4n) is 2.97. The topological polar surface area (TPSA) is 108 Å². The third-order valence-corrected chi connectivity index (χ3v) is 6.30. The lowest BCUT2D eigenvalue weighted by molar-refractivity contribution is -0.144. The van der Waals surface area contributed by atoms with Crippen LogP contribution in [0, 0.1) is 13.8 Å². The number of aryl methyl sites for hydroxylation is 2. The largest absolute Gasteiger partial charge is 0.490 e. The summed E-state index contributed by atoms with van der Waals surface area (Å²) in [6, 6.07) is 9.45. The molecule has 0 saturated carbocycles. The highest BCUT2D eigenvalue weighted by Gasteiger charge is 2.23. The zero-order valence-electron chi connectivity index (χ0n) is 17.6. The molecule has 1 N–H and O–H groups in total. The standard InChI is InChI=1S/C22H25NO7S/c1-14-5-6-17(11-15(14)2)22(25)16(3)30-21(24)13-23-31(26,27)18-7-8-19-20(12-18)29-10-4-9-28-19/h5-8,11-12,16,23H,4,9-10,13H2,1-3H3. The molecule has 1 atom stereocenters. The molecule has 0 aliphatic carbocycles. The molecule has 0 spiro atoms. The molecular formula is C22H25NO7S. The van der Waals surface area contributed by atoms with Gasteiger partial charge in [0.25, 0.3) is 0 Å². The highest BCUT2D eigenvalue weighted by molar-refractivity contribution is 7.89. The van der Waals surface area contributed by atoms with E-state index in [0.717, 1.165) is 11.1 Å². The summed E-state index contributed by atoms with van der Waals surface area (Å²) < 4.78 is 43.4. The maximum absolute atomic E-state index is 12.5. The van der Waals surface area contributed by atoms with Gasteiger partial charge in [-0.15, -0.1) is 0 Å². The number of nitrogens with one attached hydrogen (secondary N) is 1. The van der Waals surface area contributed by atoms with E-state index in [0.29, 0.717) is 36.7 Å². The molecule has 9 heteroatoms. The SMILES string of the molecule is Cc1ccc(C(=O)C(C)OC(=O)CNS(=O)(=O)c2ccc3c(c2)OCCCO3)cc1C. The van der Waals surface area contributed by atoms with Gasteiger partial charge in [0.15, 0.2) is 17.6 Å². The number of fused-ring (bicyclic) bond motifs is 1. The average Bonchev–Trinajstić information content (AvgIpc) is 2.98. The number of carbonyl (C=O) groups is 2. The smallest absolute Gasteiger partial charge is 0.321 e. The van der Waals surface area contributed by atoms with E-state index in [4.69, 9.17) is 14.2 Å². The molecule has 0 fully saturated rings. The van der Waals surface area contributed by atoms with Gasteiger partial charge >= 0.3 is 5.97 Å². The van der Waals surface area contributed by atoms with Gasteiger partial charge in [-0.3, -0.25) is 9.59 Å². The van der Waals surface area contributed by atoms with Crippen molar-refractivity contribution in [2.75, 3.05) is 19.8 Å². The molecule has 166 valence electrons. The van der Waals surface area contributed by atoms with Crippen molar-refractivity contribution in [2.45, 2.75) is 38.2 Å². The molecule has 1 aliphatic heterocycles. The molecular weight excluding hydrogens is 422 g/mol. The highest BCUT2D eigenvalue weighted by atomic mass is 32.2. The Hall–Kier alpha value is -2.91. The maximum Gasteiger partial charge on any atom is 0.321 e. The minimum atomic E-state index is -3.99. The lowest BCUT2D eigenvalue weighted by atomic mass is 10.0. The van der Waals surface area contributed by atoms with E-state index >= 15 is 0 Å². The number of rotatable bonds is 7. The van der Waals surface area contributed by atoms with Crippen molar-refractivity contribution >= 4 is 21.8 Å². The second-order valence-electron chi connectivity index (χ2n) is 7.28. The Morgan fingerprint density at radius 2 is 1.74 bits per heavy atom. The molecule has 0 aromatic heterocycles. The normalized spacial score (nSPS) is 14.4. The van der Waals surface area contributed by atoms with Crippen LogP contribution in [0.2, 0.25) is 0 Å². The first-order valence-corrected chi connectivity index (χ1v) is 11.4. The van der Waals surface area contributed by atoms with Crippen LogP contribution in [0.4, 0.5) is 0 Å². The summed E-state index contributed by atoms with van der Waals surface area (Å²) in [4.78, 5) is 24.5. The van der Waals surface area contributed by atoms with Crippen LogP contribution in [0.1, 0.15) is 34.8 Å². The number of hydrogen-bond acceptors (Lipinski definition) is 7. The zero-order valence-corrected chi connectivity index (χ0v) is 18.5. The van der Waals surface area contributed by atoms with Crippen molar-refractivity contribution in [1.82, 2.24) is 4.72 Å². The van der Waals surface area contributed by atoms with Crippen molar-refractivity contribution in [3.05, 3.63) is 53.1 Å². The lowest BCUT2D eigenvalue weighted by Crippen LogP contribution is -2.34. The maximum atomic E-state index is 12.5. The van der Waals surface area contributed by atoms with Crippen LogP contribution in [0.5, 0.6) is 11.5 Å². The van der Waals surface area contributed by atoms with Crippen LogP contribution >= 0.6 is 0 Å². The molecule has 31 heavy (non-hydrogen) atoms. The number of ketones is 1. The van der Waals surface area contributed by atoms with Crippen molar-refractivity contribution in [3.63, 3.8) is 0 Å². The number of esters is 1. The number of Topliss-reactive ketones (excluding diaryl/α,β-unsaturated/α-hetero) is 1. The lowest BCUT2D eigenvalue weighted by Gasteiger charge is -2.14. The Morgan fingerprint density at radius 3 is 2.45 bits per heavy atom. The predicted octanol–water partition coefficient (Wildman–Crippen LogP) is 2.56. The van der Waals surface area contributed by atoms with Crippen LogP contribution in [0.3, 0.4) is 0 Å². The molecule has 0 radical (unpaired) electrons. The molecule has 1 aliphatic rings. The number of carbonyl (C=O) groups excluding carboxylic acids is 2. The summed E-state index contributed by atoms with van der Waals surface area (Å²) in [6.45, 7) is 5.57. The fraction of sp³-hybridized carbons (Fsp3) is 0.364. The Morgan fingerprint density at radius 1 is 1.03 bits per heavy atom. The van der Waals surface area contributed by atoms with E-state index in [-0.39, 0.29) is 10.7 Å². The van der Waals surface area contributed by atoms with Gasteiger partial charge in [-0.25, -0.2) is 8.42 Å². The van der Waals surface area contributed by atoms with E-state index in [1.807, 2.05) is 19.9 Å². The number of ether oxygens (including phenoxy) is 3. The van der Waals surface area contributed by atoms with Gasteiger partial charge in [0.1, 0.15) is 6.54 Å². The average molecular weight is 448 g/mol. The van der Waals surface area contributed by atoms with Gasteiger partial charge < -0.3 is 14.2 Å². The van der Waals surface area contributed by atoms with Gasteiger partial charge in [0.2, 0.25) is 15.8 Å². The summed E-state index contributed by atoms with van der Waals surface area (Å²) in [7, 11) is -3.99. The highest BCUT2D eigenvalue weighted by Crippen LogP contribution is 2.31. The molecule has 1 heterocycles. The second kappa shape index (κ2) is 9.49. The van der Waals surface area contributed by atoms with E-state index < -0.39 is 28.6 Å². The number of hydrogen-bond donors (Lipinski definition) is 1. The van der Waals surface area contributed by atoms with Gasteiger partial charge in [0.05, 0.1) is 18.1 Å². The van der Waals surface area contributed by atoms with E-state index in [1.165, 1.54) is 25.1 Å². The van der Waals surface area contributed by atoms with E-state index in [2.05, 4.69) is 4.72 Å². The van der Waals surface area contributed by atoms with E-state index in [9.17, 15) is 18.0 Å². The first-order chi connectivity index (χ1) is 14.7. The summed E-state index contributed by atoms with van der Waals surface area (Å²) in [5.74, 6) is -0.421. The van der Waals surface area contributed by atoms with Crippen molar-refractivity contribution in [1.29, 1.82) is 0 Å². The third-order valence-electron chi connectivity index (χ3n) is 4.90. The second-order valence-corrected chi connectivity index (χ2v) is 9.05. The van der Waals surface area contributed by atoms with Crippen molar-refractivity contribution in [3.8, 4) is 11.5 Å². The monoisotopic (exact) mass is 447 g/mol. The summed E-state index contributed by atoms with van der Waals surface area (Å²) in [5.41, 5.74) is 2.42. The molecule has 8 nitrogen and oxygen atoms in total. The van der Waals surface area contributed by atoms with Crippen LogP contribution in [-0.4, -0.2) is 46.0 Å². The van der Waals surface area contributed by atoms with Crippen LogP contribution < -0.4 is 14.2 Å². The fourth-order valence-corrected chi connectivity index (χ4v) is 3.95. The summed E-state index contributed by atoms with van der Waals surface area (Å²) in [6.07, 6.45) is -0.350. The predicted molar refractivity (Wildman–Crippen MR) is 113 cm³/mol. The first-order valence-electron chi connectivity index (χ1n) is 9.87. The van der Waals surface area contributed by atoms with Gasteiger partial charge in [0, 0.05) is 18.1 Å². The summed E-state index contributed by atoms with van der Waals surface area (Å²) >= 11 is 0. The van der Waals surface area contributed by atoms with Crippen LogP contribution in [0.25, 0.3) is 0 Å². The van der Waals surface area contributed by atoms with Crippen LogP contribution in [-0.2, 0) is 19.6 Å². The van der Waals surface area contributed by atoms with Crippen molar-refractivity contribution in [2.24, 2.45) is 0 Å². The van der Waals surface area contributed by atoms with E-state index in [1.54, 1.807) is 12.1 Å². The number of benzene rings is 2. The molecule has 0 saturated heterocycles. The Kier molecular flexibility index (Phi) is 6.97.